The molecule has 2 atom stereocenters. The van der Waals surface area contributed by atoms with Gasteiger partial charge in [0.05, 0.1) is 18.9 Å². The third-order valence-electron chi connectivity index (χ3n) is 2.57. The minimum absolute atomic E-state index is 0.388. The van der Waals surface area contributed by atoms with Gasteiger partial charge in [-0.2, -0.15) is 0 Å². The highest BCUT2D eigenvalue weighted by atomic mass is 16.5. The van der Waals surface area contributed by atoms with Crippen LogP contribution in [0.15, 0.2) is 18.5 Å². The zero-order chi connectivity index (χ0) is 13.1. The summed E-state index contributed by atoms with van der Waals surface area (Å²) in [7, 11) is 0. The average molecular weight is 239 g/mol. The number of aliphatic hydroxyl groups excluding tert-OH is 2. The Morgan fingerprint density at radius 3 is 2.47 bits per heavy atom. The Balaban J connectivity index is 2.88. The maximum Gasteiger partial charge on any atom is 0.137 e. The van der Waals surface area contributed by atoms with Crippen molar-refractivity contribution < 1.29 is 14.9 Å². The van der Waals surface area contributed by atoms with Crippen LogP contribution in [0, 0.1) is 5.41 Å². The molecule has 0 aliphatic rings. The summed E-state index contributed by atoms with van der Waals surface area (Å²) in [5.74, 6) is 0.602. The molecular weight excluding hydrogens is 218 g/mol. The maximum atomic E-state index is 10.1. The molecule has 0 aromatic carbocycles. The number of hydrogen-bond donors (Lipinski definition) is 2. The van der Waals surface area contributed by atoms with Crippen LogP contribution in [-0.2, 0) is 0 Å². The number of ether oxygens (including phenoxy) is 1. The van der Waals surface area contributed by atoms with Crippen LogP contribution in [0.25, 0.3) is 0 Å². The van der Waals surface area contributed by atoms with E-state index in [0.717, 1.165) is 0 Å². The Kier molecular flexibility index (Phi) is 4.48. The fourth-order valence-electron chi connectivity index (χ4n) is 1.50. The van der Waals surface area contributed by atoms with Crippen molar-refractivity contribution in [1.82, 2.24) is 4.98 Å². The molecular formula is C13H21NO3. The van der Waals surface area contributed by atoms with Gasteiger partial charge in [0.25, 0.3) is 0 Å². The lowest BCUT2D eigenvalue weighted by Gasteiger charge is -2.30. The van der Waals surface area contributed by atoms with Gasteiger partial charge in [-0.05, 0) is 18.4 Å². The number of nitrogens with zero attached hydrogens (tertiary/aromatic N) is 1. The first-order valence-corrected chi connectivity index (χ1v) is 5.80. The van der Waals surface area contributed by atoms with Gasteiger partial charge in [0, 0.05) is 11.8 Å². The first-order chi connectivity index (χ1) is 7.86. The molecule has 0 saturated heterocycles. The van der Waals surface area contributed by atoms with E-state index in [9.17, 15) is 10.2 Å². The van der Waals surface area contributed by atoms with E-state index in [1.165, 1.54) is 0 Å². The predicted octanol–water partition coefficient (Wildman–Crippen LogP) is 1.92. The van der Waals surface area contributed by atoms with E-state index in [-0.39, 0.29) is 5.41 Å². The van der Waals surface area contributed by atoms with Gasteiger partial charge < -0.3 is 14.9 Å². The van der Waals surface area contributed by atoms with Gasteiger partial charge in [0.1, 0.15) is 11.9 Å². The summed E-state index contributed by atoms with van der Waals surface area (Å²) in [5, 5.41) is 20.1. The average Bonchev–Trinajstić information content (AvgIpc) is 2.27. The summed E-state index contributed by atoms with van der Waals surface area (Å²) in [4.78, 5) is 3.99. The minimum Gasteiger partial charge on any atom is -0.492 e. The smallest absolute Gasteiger partial charge is 0.137 e. The minimum atomic E-state index is -0.956. The molecule has 0 spiro atoms. The molecule has 96 valence electrons. The highest BCUT2D eigenvalue weighted by molar-refractivity contribution is 5.26. The quantitative estimate of drug-likeness (QED) is 0.842. The van der Waals surface area contributed by atoms with Crippen molar-refractivity contribution in [2.75, 3.05) is 6.61 Å². The summed E-state index contributed by atoms with van der Waals surface area (Å²) in [6.07, 6.45) is 1.33. The van der Waals surface area contributed by atoms with Crippen LogP contribution < -0.4 is 4.74 Å². The lowest BCUT2D eigenvalue weighted by atomic mass is 9.84. The van der Waals surface area contributed by atoms with Crippen molar-refractivity contribution >= 4 is 0 Å². The maximum absolute atomic E-state index is 10.1. The molecule has 0 bridgehead atoms. The zero-order valence-corrected chi connectivity index (χ0v) is 10.8. The van der Waals surface area contributed by atoms with Gasteiger partial charge >= 0.3 is 0 Å². The van der Waals surface area contributed by atoms with Gasteiger partial charge in [-0.25, -0.2) is 0 Å². The third kappa shape index (κ3) is 3.68. The van der Waals surface area contributed by atoms with E-state index < -0.39 is 12.2 Å². The van der Waals surface area contributed by atoms with Crippen molar-refractivity contribution in [3.63, 3.8) is 0 Å². The molecule has 0 amide bonds. The first kappa shape index (κ1) is 13.9. The molecule has 0 aliphatic carbocycles. The summed E-state index contributed by atoms with van der Waals surface area (Å²) in [6, 6.07) is 1.70. The van der Waals surface area contributed by atoms with E-state index in [0.29, 0.717) is 17.9 Å². The normalized spacial score (nSPS) is 15.4. The number of pyridine rings is 1. The molecule has 1 aromatic heterocycles. The van der Waals surface area contributed by atoms with Gasteiger partial charge in [0.2, 0.25) is 0 Å². The van der Waals surface area contributed by atoms with Crippen LogP contribution in [0.5, 0.6) is 5.75 Å². The fraction of sp³-hybridized carbons (Fsp3) is 0.615. The Bertz CT molecular complexity index is 360. The lowest BCUT2D eigenvalue weighted by Crippen LogP contribution is -2.32. The lowest BCUT2D eigenvalue weighted by molar-refractivity contribution is -0.0460. The highest BCUT2D eigenvalue weighted by Gasteiger charge is 2.30. The molecule has 0 fully saturated rings. The summed E-state index contributed by atoms with van der Waals surface area (Å²) in [6.45, 7) is 8.05. The van der Waals surface area contributed by atoms with Gasteiger partial charge in [-0.1, -0.05) is 20.8 Å². The second-order valence-corrected chi connectivity index (χ2v) is 5.14. The van der Waals surface area contributed by atoms with Crippen LogP contribution in [-0.4, -0.2) is 27.9 Å². The molecule has 1 heterocycles. The largest absolute Gasteiger partial charge is 0.492 e. The zero-order valence-electron chi connectivity index (χ0n) is 10.8. The van der Waals surface area contributed by atoms with Crippen LogP contribution in [0.1, 0.15) is 39.4 Å². The third-order valence-corrected chi connectivity index (χ3v) is 2.57. The summed E-state index contributed by atoms with van der Waals surface area (Å²) in [5.41, 5.74) is 0.180. The molecule has 0 radical (unpaired) electrons. The van der Waals surface area contributed by atoms with Crippen LogP contribution in [0.3, 0.4) is 0 Å². The van der Waals surface area contributed by atoms with E-state index in [1.54, 1.807) is 18.5 Å². The molecule has 1 rings (SSSR count). The SMILES string of the molecule is CCOc1cncc(C(O)C(O)C(C)(C)C)c1. The van der Waals surface area contributed by atoms with Crippen molar-refractivity contribution in [2.45, 2.75) is 39.9 Å². The Morgan fingerprint density at radius 2 is 1.94 bits per heavy atom. The molecule has 1 aromatic rings. The fourth-order valence-corrected chi connectivity index (χ4v) is 1.50. The molecule has 0 saturated carbocycles. The second kappa shape index (κ2) is 5.47. The van der Waals surface area contributed by atoms with Crippen LogP contribution in [0.4, 0.5) is 0 Å². The number of rotatable bonds is 4. The molecule has 2 N–H and O–H groups in total. The molecule has 0 aliphatic heterocycles. The van der Waals surface area contributed by atoms with Crippen LogP contribution in [0.2, 0.25) is 0 Å². The highest BCUT2D eigenvalue weighted by Crippen LogP contribution is 2.30. The van der Waals surface area contributed by atoms with Crippen LogP contribution >= 0.6 is 0 Å². The monoisotopic (exact) mass is 239 g/mol. The Labute approximate surface area is 102 Å². The predicted molar refractivity (Wildman–Crippen MR) is 65.8 cm³/mol. The second-order valence-electron chi connectivity index (χ2n) is 5.14. The van der Waals surface area contributed by atoms with E-state index >= 15 is 0 Å². The van der Waals surface area contributed by atoms with Crippen molar-refractivity contribution in [2.24, 2.45) is 5.41 Å². The van der Waals surface area contributed by atoms with Crippen molar-refractivity contribution in [3.05, 3.63) is 24.0 Å². The topological polar surface area (TPSA) is 62.6 Å². The number of aliphatic hydroxyl groups is 2. The Morgan fingerprint density at radius 1 is 1.29 bits per heavy atom. The molecule has 4 nitrogen and oxygen atoms in total. The molecule has 17 heavy (non-hydrogen) atoms. The Hall–Kier alpha value is -1.13. The molecule has 2 unspecified atom stereocenters. The van der Waals surface area contributed by atoms with E-state index in [4.69, 9.17) is 4.74 Å². The van der Waals surface area contributed by atoms with Crippen molar-refractivity contribution in [1.29, 1.82) is 0 Å². The van der Waals surface area contributed by atoms with Gasteiger partial charge in [-0.15, -0.1) is 0 Å². The van der Waals surface area contributed by atoms with Crippen molar-refractivity contribution in [3.8, 4) is 5.75 Å². The number of hydrogen-bond acceptors (Lipinski definition) is 4. The summed E-state index contributed by atoms with van der Waals surface area (Å²) >= 11 is 0. The van der Waals surface area contributed by atoms with E-state index in [2.05, 4.69) is 4.98 Å². The standard InChI is InChI=1S/C13H21NO3/c1-5-17-10-6-9(7-14-8-10)11(15)12(16)13(2,3)4/h6-8,11-12,15-16H,5H2,1-4H3. The van der Waals surface area contributed by atoms with E-state index in [1.807, 2.05) is 27.7 Å². The number of aromatic nitrogens is 1. The first-order valence-electron chi connectivity index (χ1n) is 5.80. The van der Waals surface area contributed by atoms with Gasteiger partial charge in [-0.3, -0.25) is 4.98 Å². The van der Waals surface area contributed by atoms with Gasteiger partial charge in [0.15, 0.2) is 0 Å². The summed E-state index contributed by atoms with van der Waals surface area (Å²) < 4.78 is 5.31. The molecule has 4 heteroatoms.